The molecule has 1 aliphatic heterocycles. The van der Waals surface area contributed by atoms with Gasteiger partial charge in [0.05, 0.1) is 22.0 Å². The smallest absolute Gasteiger partial charge is 0.274 e. The van der Waals surface area contributed by atoms with Gasteiger partial charge in [-0.15, -0.1) is 35.3 Å². The van der Waals surface area contributed by atoms with E-state index in [4.69, 9.17) is 0 Å². The monoisotopic (exact) mass is 515 g/mol. The van der Waals surface area contributed by atoms with Crippen LogP contribution in [0.5, 0.6) is 0 Å². The quantitative estimate of drug-likeness (QED) is 0.200. The molecule has 0 aliphatic carbocycles. The number of halogens is 1. The number of guanidine groups is 1. The second-order valence-electron chi connectivity index (χ2n) is 6.44. The van der Waals surface area contributed by atoms with Crippen LogP contribution in [0, 0.1) is 10.1 Å². The number of nitro groups is 1. The summed E-state index contributed by atoms with van der Waals surface area (Å²) >= 11 is 1.78. The molecule has 1 aromatic carbocycles. The van der Waals surface area contributed by atoms with E-state index in [0.717, 1.165) is 32.5 Å². The molecule has 7 nitrogen and oxygen atoms in total. The Bertz CT molecular complexity index is 776. The fraction of sp³-hybridized carbons (Fsp3) is 0.421. The minimum absolute atomic E-state index is 0. The van der Waals surface area contributed by atoms with Gasteiger partial charge in [0.2, 0.25) is 0 Å². The maximum absolute atomic E-state index is 11.2. The fourth-order valence-electron chi connectivity index (χ4n) is 3.19. The van der Waals surface area contributed by atoms with Crippen LogP contribution in [-0.2, 0) is 6.54 Å². The highest BCUT2D eigenvalue weighted by molar-refractivity contribution is 14.0. The zero-order valence-corrected chi connectivity index (χ0v) is 19.0. The molecule has 0 spiro atoms. The van der Waals surface area contributed by atoms with E-state index in [-0.39, 0.29) is 41.1 Å². The summed E-state index contributed by atoms with van der Waals surface area (Å²) in [5.41, 5.74) is 0.730. The van der Waals surface area contributed by atoms with E-state index in [0.29, 0.717) is 17.6 Å². The van der Waals surface area contributed by atoms with E-state index in [2.05, 4.69) is 38.0 Å². The van der Waals surface area contributed by atoms with Crippen molar-refractivity contribution < 1.29 is 4.92 Å². The maximum atomic E-state index is 11.2. The van der Waals surface area contributed by atoms with Gasteiger partial charge in [-0.05, 0) is 37.3 Å². The average molecular weight is 515 g/mol. The lowest BCUT2D eigenvalue weighted by Gasteiger charge is -2.33. The molecule has 3 rings (SSSR count). The van der Waals surface area contributed by atoms with Crippen LogP contribution in [0.4, 0.5) is 10.7 Å². The number of hydrogen-bond acceptors (Lipinski definition) is 5. The second kappa shape index (κ2) is 11.2. The van der Waals surface area contributed by atoms with Gasteiger partial charge in [0.25, 0.3) is 5.69 Å². The van der Waals surface area contributed by atoms with Crippen molar-refractivity contribution in [3.63, 3.8) is 0 Å². The highest BCUT2D eigenvalue weighted by Crippen LogP contribution is 2.25. The van der Waals surface area contributed by atoms with E-state index < -0.39 is 0 Å². The van der Waals surface area contributed by atoms with E-state index >= 15 is 0 Å². The van der Waals surface area contributed by atoms with Crippen molar-refractivity contribution in [3.05, 3.63) is 57.5 Å². The molecule has 1 saturated heterocycles. The number of thiophene rings is 1. The molecular formula is C19H26IN5O2S. The molecule has 0 amide bonds. The number of benzene rings is 1. The van der Waals surface area contributed by atoms with Crippen LogP contribution in [0.25, 0.3) is 0 Å². The Balaban J connectivity index is 0.00000280. The first kappa shape index (κ1) is 22.4. The van der Waals surface area contributed by atoms with Gasteiger partial charge in [-0.1, -0.05) is 18.2 Å². The summed E-state index contributed by atoms with van der Waals surface area (Å²) in [6.07, 6.45) is 2.07. The predicted octanol–water partition coefficient (Wildman–Crippen LogP) is 4.00. The van der Waals surface area contributed by atoms with Gasteiger partial charge in [-0.3, -0.25) is 10.1 Å². The van der Waals surface area contributed by atoms with Gasteiger partial charge in [0, 0.05) is 31.7 Å². The molecule has 0 saturated carbocycles. The number of aliphatic imine (C=N–C) groups is 1. The SMILES string of the molecule is CCNC(=NCc1ccccc1[N+](=O)[O-])NC1CCN(c2cccs2)CC1.I. The molecule has 152 valence electrons. The second-order valence-corrected chi connectivity index (χ2v) is 7.36. The van der Waals surface area contributed by atoms with E-state index in [9.17, 15) is 10.1 Å². The highest BCUT2D eigenvalue weighted by Gasteiger charge is 2.21. The van der Waals surface area contributed by atoms with Gasteiger partial charge < -0.3 is 15.5 Å². The van der Waals surface area contributed by atoms with Crippen molar-refractivity contribution in [1.29, 1.82) is 0 Å². The van der Waals surface area contributed by atoms with Crippen molar-refractivity contribution in [3.8, 4) is 0 Å². The number of rotatable bonds is 6. The first-order valence-electron chi connectivity index (χ1n) is 9.23. The first-order valence-corrected chi connectivity index (χ1v) is 10.1. The van der Waals surface area contributed by atoms with E-state index in [1.54, 1.807) is 29.5 Å². The maximum Gasteiger partial charge on any atom is 0.274 e. The standard InChI is InChI=1S/C19H25N5O2S.HI/c1-2-20-19(21-14-15-6-3-4-7-17(15)24(25)26)22-16-9-11-23(12-10-16)18-8-5-13-27-18;/h3-8,13,16H,2,9-12,14H2,1H3,(H2,20,21,22);1H. The Labute approximate surface area is 186 Å². The number of nitrogens with one attached hydrogen (secondary N) is 2. The van der Waals surface area contributed by atoms with Gasteiger partial charge >= 0.3 is 0 Å². The van der Waals surface area contributed by atoms with Crippen LogP contribution in [0.2, 0.25) is 0 Å². The van der Waals surface area contributed by atoms with Crippen molar-refractivity contribution >= 4 is 52.0 Å². The van der Waals surface area contributed by atoms with Crippen LogP contribution in [0.15, 0.2) is 46.8 Å². The molecule has 2 aromatic rings. The lowest BCUT2D eigenvalue weighted by Crippen LogP contribution is -2.48. The largest absolute Gasteiger partial charge is 0.363 e. The Hall–Kier alpha value is -1.88. The molecule has 1 fully saturated rings. The number of hydrogen-bond donors (Lipinski definition) is 2. The highest BCUT2D eigenvalue weighted by atomic mass is 127. The number of nitrogens with zero attached hydrogens (tertiary/aromatic N) is 3. The lowest BCUT2D eigenvalue weighted by atomic mass is 10.1. The van der Waals surface area contributed by atoms with Crippen LogP contribution < -0.4 is 15.5 Å². The molecule has 0 atom stereocenters. The van der Waals surface area contributed by atoms with E-state index in [1.807, 2.05) is 6.92 Å². The number of nitro benzene ring substituents is 1. The Morgan fingerprint density at radius 3 is 2.68 bits per heavy atom. The van der Waals surface area contributed by atoms with Crippen LogP contribution in [0.1, 0.15) is 25.3 Å². The Morgan fingerprint density at radius 2 is 2.04 bits per heavy atom. The van der Waals surface area contributed by atoms with Gasteiger partial charge in [-0.25, -0.2) is 4.99 Å². The van der Waals surface area contributed by atoms with Crippen LogP contribution in [-0.4, -0.2) is 36.6 Å². The predicted molar refractivity (Wildman–Crippen MR) is 126 cm³/mol. The van der Waals surface area contributed by atoms with Crippen LogP contribution >= 0.6 is 35.3 Å². The minimum atomic E-state index is -0.356. The topological polar surface area (TPSA) is 82.8 Å². The van der Waals surface area contributed by atoms with Crippen molar-refractivity contribution in [2.75, 3.05) is 24.5 Å². The zero-order chi connectivity index (χ0) is 19.1. The van der Waals surface area contributed by atoms with Crippen molar-refractivity contribution in [1.82, 2.24) is 10.6 Å². The molecule has 0 bridgehead atoms. The third-order valence-corrected chi connectivity index (χ3v) is 5.52. The summed E-state index contributed by atoms with van der Waals surface area (Å²) in [7, 11) is 0. The third kappa shape index (κ3) is 6.06. The molecular weight excluding hydrogens is 489 g/mol. The summed E-state index contributed by atoms with van der Waals surface area (Å²) in [5.74, 6) is 0.713. The van der Waals surface area contributed by atoms with E-state index in [1.165, 1.54) is 11.1 Å². The average Bonchev–Trinajstić information content (AvgIpc) is 3.22. The lowest BCUT2D eigenvalue weighted by molar-refractivity contribution is -0.385. The van der Waals surface area contributed by atoms with Crippen molar-refractivity contribution in [2.24, 2.45) is 4.99 Å². The molecule has 0 radical (unpaired) electrons. The number of para-hydroxylation sites is 1. The summed E-state index contributed by atoms with van der Waals surface area (Å²) in [6, 6.07) is 11.4. The summed E-state index contributed by atoms with van der Waals surface area (Å²) in [4.78, 5) is 17.8. The molecule has 1 aliphatic rings. The molecule has 2 heterocycles. The molecule has 2 N–H and O–H groups in total. The summed E-state index contributed by atoms with van der Waals surface area (Å²) < 4.78 is 0. The summed E-state index contributed by atoms with van der Waals surface area (Å²) in [6.45, 7) is 5.07. The fourth-order valence-corrected chi connectivity index (χ4v) is 3.98. The molecule has 0 unspecified atom stereocenters. The van der Waals surface area contributed by atoms with Crippen molar-refractivity contribution in [2.45, 2.75) is 32.4 Å². The molecule has 28 heavy (non-hydrogen) atoms. The van der Waals surface area contributed by atoms with Gasteiger partial charge in [0.1, 0.15) is 0 Å². The van der Waals surface area contributed by atoms with Crippen LogP contribution in [0.3, 0.4) is 0 Å². The molecule has 9 heteroatoms. The number of anilines is 1. The minimum Gasteiger partial charge on any atom is -0.363 e. The van der Waals surface area contributed by atoms with Gasteiger partial charge in [0.15, 0.2) is 5.96 Å². The van der Waals surface area contributed by atoms with Gasteiger partial charge in [-0.2, -0.15) is 0 Å². The zero-order valence-electron chi connectivity index (χ0n) is 15.8. The Kier molecular flexibility index (Phi) is 8.97. The third-order valence-electron chi connectivity index (χ3n) is 4.59. The number of piperidine rings is 1. The normalized spacial score (nSPS) is 15.0. The first-order chi connectivity index (χ1) is 13.2. The molecule has 1 aromatic heterocycles. The Morgan fingerprint density at radius 1 is 1.29 bits per heavy atom. The summed E-state index contributed by atoms with van der Waals surface area (Å²) in [5, 5.41) is 21.3.